The maximum Gasteiger partial charge on any atom is 0.251 e. The zero-order valence-electron chi connectivity index (χ0n) is 19.0. The number of ether oxygens (including phenoxy) is 1. The van der Waals surface area contributed by atoms with E-state index in [0.29, 0.717) is 12.1 Å². The Hall–Kier alpha value is -3.12. The van der Waals surface area contributed by atoms with Gasteiger partial charge in [-0.25, -0.2) is 0 Å². The minimum atomic E-state index is -0.0912. The number of aromatic nitrogens is 2. The molecule has 1 amide bonds. The molecule has 0 spiro atoms. The minimum absolute atomic E-state index is 0.0912. The van der Waals surface area contributed by atoms with Gasteiger partial charge in [-0.2, -0.15) is 5.10 Å². The van der Waals surface area contributed by atoms with Crippen LogP contribution in [0, 0.1) is 6.92 Å². The molecule has 0 unspecified atom stereocenters. The molecule has 2 heterocycles. The summed E-state index contributed by atoms with van der Waals surface area (Å²) in [5.74, 6) is 0.735. The van der Waals surface area contributed by atoms with Gasteiger partial charge in [-0.05, 0) is 56.0 Å². The van der Waals surface area contributed by atoms with E-state index in [2.05, 4.69) is 45.6 Å². The topological polar surface area (TPSA) is 59.4 Å². The molecular weight excluding hydrogens is 400 g/mol. The molecule has 1 aromatic heterocycles. The van der Waals surface area contributed by atoms with Gasteiger partial charge in [-0.1, -0.05) is 30.3 Å². The number of rotatable bonds is 8. The second-order valence-corrected chi connectivity index (χ2v) is 8.51. The molecule has 3 aromatic rings. The van der Waals surface area contributed by atoms with Gasteiger partial charge in [0.1, 0.15) is 11.9 Å². The molecular formula is C26H32N4O2. The van der Waals surface area contributed by atoms with Crippen molar-refractivity contribution >= 4 is 5.91 Å². The maximum absolute atomic E-state index is 12.5. The van der Waals surface area contributed by atoms with Crippen molar-refractivity contribution in [3.63, 3.8) is 0 Å². The van der Waals surface area contributed by atoms with E-state index in [4.69, 9.17) is 4.74 Å². The van der Waals surface area contributed by atoms with Crippen LogP contribution in [-0.2, 0) is 20.0 Å². The molecule has 32 heavy (non-hydrogen) atoms. The summed E-state index contributed by atoms with van der Waals surface area (Å²) in [4.78, 5) is 15.0. The average Bonchev–Trinajstić information content (AvgIpc) is 3.15. The second kappa shape index (κ2) is 10.5. The van der Waals surface area contributed by atoms with Gasteiger partial charge in [0.05, 0.1) is 5.69 Å². The molecule has 1 aliphatic heterocycles. The first-order valence-corrected chi connectivity index (χ1v) is 11.4. The first-order chi connectivity index (χ1) is 15.6. The Bertz CT molecular complexity index is 1010. The monoisotopic (exact) mass is 432 g/mol. The van der Waals surface area contributed by atoms with Crippen LogP contribution < -0.4 is 10.1 Å². The average molecular weight is 433 g/mol. The van der Waals surface area contributed by atoms with Crippen LogP contribution in [0.15, 0.2) is 60.8 Å². The zero-order valence-corrected chi connectivity index (χ0v) is 19.0. The second-order valence-electron chi connectivity index (χ2n) is 8.51. The Morgan fingerprint density at radius 3 is 2.47 bits per heavy atom. The van der Waals surface area contributed by atoms with E-state index in [0.717, 1.165) is 55.9 Å². The number of nitrogens with one attached hydrogen (secondary N) is 1. The molecule has 6 nitrogen and oxygen atoms in total. The lowest BCUT2D eigenvalue weighted by Gasteiger charge is -2.32. The summed E-state index contributed by atoms with van der Waals surface area (Å²) in [6.45, 7) is 5.64. The number of carbonyl (C=O) groups is 1. The number of likely N-dealkylation sites (tertiary alicyclic amines) is 1. The molecule has 1 aliphatic rings. The van der Waals surface area contributed by atoms with E-state index in [1.807, 2.05) is 44.4 Å². The van der Waals surface area contributed by atoms with E-state index in [9.17, 15) is 4.79 Å². The lowest BCUT2D eigenvalue weighted by molar-refractivity contribution is 0.0950. The normalized spacial score (nSPS) is 14.9. The number of piperidine rings is 1. The van der Waals surface area contributed by atoms with Crippen molar-refractivity contribution < 1.29 is 9.53 Å². The number of benzene rings is 2. The quantitative estimate of drug-likeness (QED) is 0.589. The van der Waals surface area contributed by atoms with E-state index in [1.54, 1.807) is 4.68 Å². The largest absolute Gasteiger partial charge is 0.490 e. The van der Waals surface area contributed by atoms with Gasteiger partial charge in [0.2, 0.25) is 0 Å². The Labute approximate surface area is 190 Å². The molecule has 0 atom stereocenters. The molecule has 1 N–H and O–H groups in total. The molecule has 0 aliphatic carbocycles. The highest BCUT2D eigenvalue weighted by molar-refractivity contribution is 5.94. The number of carbonyl (C=O) groups excluding carboxylic acids is 1. The minimum Gasteiger partial charge on any atom is -0.490 e. The van der Waals surface area contributed by atoms with Gasteiger partial charge < -0.3 is 15.0 Å². The SMILES string of the molecule is Cc1nn(C)cc1CNC(=O)c1ccc(OC2CCN(CCc3ccccc3)CC2)cc1. The van der Waals surface area contributed by atoms with Crippen molar-refractivity contribution in [1.29, 1.82) is 0 Å². The summed E-state index contributed by atoms with van der Waals surface area (Å²) in [5, 5.41) is 7.26. The number of nitrogens with zero attached hydrogens (tertiary/aromatic N) is 3. The third-order valence-electron chi connectivity index (χ3n) is 6.07. The van der Waals surface area contributed by atoms with Crippen molar-refractivity contribution in [2.45, 2.75) is 38.8 Å². The van der Waals surface area contributed by atoms with Crippen molar-refractivity contribution in [2.24, 2.45) is 7.05 Å². The van der Waals surface area contributed by atoms with Gasteiger partial charge in [0.25, 0.3) is 5.91 Å². The summed E-state index contributed by atoms with van der Waals surface area (Å²) in [5.41, 5.74) is 3.98. The highest BCUT2D eigenvalue weighted by atomic mass is 16.5. The molecule has 1 fully saturated rings. The molecule has 168 valence electrons. The Kier molecular flexibility index (Phi) is 7.22. The number of hydrogen-bond donors (Lipinski definition) is 1. The maximum atomic E-state index is 12.5. The third-order valence-corrected chi connectivity index (χ3v) is 6.07. The van der Waals surface area contributed by atoms with Crippen LogP contribution in [0.2, 0.25) is 0 Å². The third kappa shape index (κ3) is 5.98. The van der Waals surface area contributed by atoms with Gasteiger partial charge in [-0.3, -0.25) is 9.48 Å². The van der Waals surface area contributed by atoms with E-state index in [1.165, 1.54) is 5.56 Å². The highest BCUT2D eigenvalue weighted by Crippen LogP contribution is 2.20. The van der Waals surface area contributed by atoms with Crippen molar-refractivity contribution in [2.75, 3.05) is 19.6 Å². The first kappa shape index (κ1) is 22.1. The first-order valence-electron chi connectivity index (χ1n) is 11.4. The number of amides is 1. The fourth-order valence-electron chi connectivity index (χ4n) is 4.16. The molecule has 0 saturated carbocycles. The Morgan fingerprint density at radius 2 is 1.81 bits per heavy atom. The summed E-state index contributed by atoms with van der Waals surface area (Å²) in [6.07, 6.45) is 5.31. The Morgan fingerprint density at radius 1 is 1.09 bits per heavy atom. The van der Waals surface area contributed by atoms with Crippen molar-refractivity contribution in [1.82, 2.24) is 20.0 Å². The lowest BCUT2D eigenvalue weighted by Crippen LogP contribution is -2.39. The predicted octanol–water partition coefficient (Wildman–Crippen LogP) is 3.74. The van der Waals surface area contributed by atoms with Crippen LogP contribution in [0.3, 0.4) is 0 Å². The van der Waals surface area contributed by atoms with Crippen LogP contribution in [0.1, 0.15) is 40.0 Å². The molecule has 0 radical (unpaired) electrons. The van der Waals surface area contributed by atoms with E-state index in [-0.39, 0.29) is 12.0 Å². The molecule has 4 rings (SSSR count). The van der Waals surface area contributed by atoms with Gasteiger partial charge in [0.15, 0.2) is 0 Å². The molecule has 2 aromatic carbocycles. The lowest BCUT2D eigenvalue weighted by atomic mass is 10.1. The van der Waals surface area contributed by atoms with Gasteiger partial charge in [-0.15, -0.1) is 0 Å². The molecule has 0 bridgehead atoms. The van der Waals surface area contributed by atoms with Crippen LogP contribution in [0.5, 0.6) is 5.75 Å². The van der Waals surface area contributed by atoms with Crippen LogP contribution in [0.25, 0.3) is 0 Å². The predicted molar refractivity (Wildman–Crippen MR) is 126 cm³/mol. The van der Waals surface area contributed by atoms with Gasteiger partial charge in [0, 0.05) is 50.6 Å². The smallest absolute Gasteiger partial charge is 0.251 e. The molecule has 1 saturated heterocycles. The van der Waals surface area contributed by atoms with Crippen LogP contribution in [0.4, 0.5) is 0 Å². The van der Waals surface area contributed by atoms with Crippen LogP contribution in [-0.4, -0.2) is 46.3 Å². The standard InChI is InChI=1S/C26H32N4O2/c1-20-23(19-29(2)28-20)18-27-26(31)22-8-10-24(11-9-22)32-25-13-16-30(17-14-25)15-12-21-6-4-3-5-7-21/h3-11,19,25H,12-18H2,1-2H3,(H,27,31). The summed E-state index contributed by atoms with van der Waals surface area (Å²) < 4.78 is 7.94. The van der Waals surface area contributed by atoms with E-state index < -0.39 is 0 Å². The van der Waals surface area contributed by atoms with Crippen molar-refractivity contribution in [3.05, 3.63) is 83.2 Å². The fourth-order valence-corrected chi connectivity index (χ4v) is 4.16. The summed E-state index contributed by atoms with van der Waals surface area (Å²) in [7, 11) is 1.88. The number of aryl methyl sites for hydroxylation is 2. The van der Waals surface area contributed by atoms with Gasteiger partial charge >= 0.3 is 0 Å². The summed E-state index contributed by atoms with van der Waals surface area (Å²) >= 11 is 0. The number of hydrogen-bond acceptors (Lipinski definition) is 4. The van der Waals surface area contributed by atoms with Crippen LogP contribution >= 0.6 is 0 Å². The van der Waals surface area contributed by atoms with E-state index >= 15 is 0 Å². The molecule has 6 heteroatoms. The highest BCUT2D eigenvalue weighted by Gasteiger charge is 2.20. The summed E-state index contributed by atoms with van der Waals surface area (Å²) in [6, 6.07) is 18.1. The zero-order chi connectivity index (χ0) is 22.3. The fraction of sp³-hybridized carbons (Fsp3) is 0.385. The Balaban J connectivity index is 1.20. The van der Waals surface area contributed by atoms with Crippen molar-refractivity contribution in [3.8, 4) is 5.75 Å².